The lowest BCUT2D eigenvalue weighted by Gasteiger charge is -2.26. The van der Waals surface area contributed by atoms with Crippen LogP contribution < -0.4 is 10.2 Å². The van der Waals surface area contributed by atoms with Gasteiger partial charge in [-0.05, 0) is 116 Å². The molecule has 0 bridgehead atoms. The molecule has 4 aromatic carbocycles. The Kier molecular flexibility index (Phi) is 5.71. The van der Waals surface area contributed by atoms with Gasteiger partial charge in [0.05, 0.1) is 6.04 Å². The lowest BCUT2D eigenvalue weighted by molar-refractivity contribution is -0.114. The van der Waals surface area contributed by atoms with Crippen molar-refractivity contribution < 1.29 is 4.79 Å². The summed E-state index contributed by atoms with van der Waals surface area (Å²) in [7, 11) is 0. The first-order valence-electron chi connectivity index (χ1n) is 9.91. The van der Waals surface area contributed by atoms with E-state index in [1.807, 2.05) is 71.6 Å². The zero-order valence-corrected chi connectivity index (χ0v) is 20.7. The molecule has 31 heavy (non-hydrogen) atoms. The Hall–Kier alpha value is -2.39. The van der Waals surface area contributed by atoms with Gasteiger partial charge in [-0.25, -0.2) is 0 Å². The Bertz CT molecular complexity index is 1290. The molecule has 4 aromatic rings. The van der Waals surface area contributed by atoms with Crippen LogP contribution in [0.25, 0.3) is 10.8 Å². The lowest BCUT2D eigenvalue weighted by atomic mass is 9.98. The molecule has 1 heterocycles. The standard InChI is InChI=1S/C26H18I2N2O/c27-18-8-12-20(13-9-18)29-24-16-25(23-7-3-5-17-4-1-2-6-22(17)23)30(26(24)31)21-14-10-19(28)11-15-21/h1-16,25,29H. The average Bonchev–Trinajstić information content (AvgIpc) is 3.11. The summed E-state index contributed by atoms with van der Waals surface area (Å²) in [5.74, 6) is -0.0299. The number of hydrogen-bond acceptors (Lipinski definition) is 2. The number of carbonyl (C=O) groups excluding carboxylic acids is 1. The van der Waals surface area contributed by atoms with E-state index >= 15 is 0 Å². The van der Waals surface area contributed by atoms with E-state index in [2.05, 4.69) is 80.8 Å². The van der Waals surface area contributed by atoms with Gasteiger partial charge in [0.25, 0.3) is 5.91 Å². The molecular weight excluding hydrogens is 610 g/mol. The summed E-state index contributed by atoms with van der Waals surface area (Å²) in [5.41, 5.74) is 3.50. The molecule has 0 spiro atoms. The normalized spacial score (nSPS) is 15.9. The fraction of sp³-hybridized carbons (Fsp3) is 0.0385. The predicted octanol–water partition coefficient (Wildman–Crippen LogP) is 7.13. The third-order valence-corrected chi connectivity index (χ3v) is 6.86. The predicted molar refractivity (Wildman–Crippen MR) is 144 cm³/mol. The number of anilines is 2. The van der Waals surface area contributed by atoms with Crippen LogP contribution in [0, 0.1) is 7.14 Å². The van der Waals surface area contributed by atoms with Crippen LogP contribution in [-0.2, 0) is 4.79 Å². The van der Waals surface area contributed by atoms with Crippen molar-refractivity contribution in [2.24, 2.45) is 0 Å². The van der Waals surface area contributed by atoms with Crippen LogP contribution in [0.1, 0.15) is 11.6 Å². The highest BCUT2D eigenvalue weighted by molar-refractivity contribution is 14.1. The van der Waals surface area contributed by atoms with Crippen molar-refractivity contribution in [3.05, 3.63) is 115 Å². The Morgan fingerprint density at radius 2 is 1.39 bits per heavy atom. The van der Waals surface area contributed by atoms with Gasteiger partial charge in [-0.15, -0.1) is 0 Å². The number of nitrogens with one attached hydrogen (secondary N) is 1. The van der Waals surface area contributed by atoms with Crippen molar-refractivity contribution in [3.63, 3.8) is 0 Å². The molecule has 1 amide bonds. The Morgan fingerprint density at radius 1 is 0.742 bits per heavy atom. The van der Waals surface area contributed by atoms with Gasteiger partial charge in [-0.3, -0.25) is 9.69 Å². The van der Waals surface area contributed by atoms with Crippen LogP contribution in [0.5, 0.6) is 0 Å². The fourth-order valence-electron chi connectivity index (χ4n) is 3.96. The molecule has 0 radical (unpaired) electrons. The number of carbonyl (C=O) groups is 1. The molecule has 1 unspecified atom stereocenters. The molecule has 1 aliphatic heterocycles. The number of hydrogen-bond donors (Lipinski definition) is 1. The summed E-state index contributed by atoms with van der Waals surface area (Å²) in [6, 6.07) is 30.6. The summed E-state index contributed by atoms with van der Waals surface area (Å²) >= 11 is 4.56. The third kappa shape index (κ3) is 4.08. The first-order chi connectivity index (χ1) is 15.1. The molecule has 152 valence electrons. The van der Waals surface area contributed by atoms with E-state index < -0.39 is 0 Å². The van der Waals surface area contributed by atoms with Gasteiger partial charge in [0.2, 0.25) is 0 Å². The second-order valence-corrected chi connectivity index (χ2v) is 9.87. The third-order valence-electron chi connectivity index (χ3n) is 5.42. The van der Waals surface area contributed by atoms with Crippen molar-refractivity contribution >= 4 is 73.2 Å². The van der Waals surface area contributed by atoms with Gasteiger partial charge in [-0.2, -0.15) is 0 Å². The largest absolute Gasteiger partial charge is 0.351 e. The van der Waals surface area contributed by atoms with Gasteiger partial charge < -0.3 is 5.32 Å². The van der Waals surface area contributed by atoms with E-state index in [-0.39, 0.29) is 11.9 Å². The number of rotatable bonds is 4. The van der Waals surface area contributed by atoms with Crippen molar-refractivity contribution in [3.8, 4) is 0 Å². The van der Waals surface area contributed by atoms with E-state index in [4.69, 9.17) is 0 Å². The summed E-state index contributed by atoms with van der Waals surface area (Å²) in [5, 5.41) is 5.67. The number of amides is 1. The minimum atomic E-state index is -0.190. The van der Waals surface area contributed by atoms with Gasteiger partial charge in [-0.1, -0.05) is 42.5 Å². The van der Waals surface area contributed by atoms with Crippen molar-refractivity contribution in [2.45, 2.75) is 6.04 Å². The van der Waals surface area contributed by atoms with E-state index in [0.29, 0.717) is 5.70 Å². The number of halogens is 2. The van der Waals surface area contributed by atoms with E-state index in [1.54, 1.807) is 0 Å². The minimum Gasteiger partial charge on any atom is -0.351 e. The highest BCUT2D eigenvalue weighted by atomic mass is 127. The van der Waals surface area contributed by atoms with Crippen molar-refractivity contribution in [1.29, 1.82) is 0 Å². The summed E-state index contributed by atoms with van der Waals surface area (Å²) < 4.78 is 2.30. The van der Waals surface area contributed by atoms with Crippen molar-refractivity contribution in [2.75, 3.05) is 10.2 Å². The monoisotopic (exact) mass is 628 g/mol. The van der Waals surface area contributed by atoms with Gasteiger partial charge in [0, 0.05) is 18.5 Å². The van der Waals surface area contributed by atoms with Gasteiger partial charge in [0.15, 0.2) is 0 Å². The Labute approximate surface area is 208 Å². The summed E-state index contributed by atoms with van der Waals surface area (Å²) in [4.78, 5) is 15.5. The maximum Gasteiger partial charge on any atom is 0.275 e. The first-order valence-corrected chi connectivity index (χ1v) is 12.1. The van der Waals surface area contributed by atoms with Crippen LogP contribution in [-0.4, -0.2) is 5.91 Å². The lowest BCUT2D eigenvalue weighted by Crippen LogP contribution is -2.30. The van der Waals surface area contributed by atoms with Gasteiger partial charge >= 0.3 is 0 Å². The second kappa shape index (κ2) is 8.63. The van der Waals surface area contributed by atoms with Crippen LogP contribution in [0.3, 0.4) is 0 Å². The summed E-state index contributed by atoms with van der Waals surface area (Å²) in [6.07, 6.45) is 2.04. The SMILES string of the molecule is O=C1C(Nc2ccc(I)cc2)=CC(c2cccc3ccccc23)N1c1ccc(I)cc1. The molecule has 5 rings (SSSR count). The summed E-state index contributed by atoms with van der Waals surface area (Å²) in [6.45, 7) is 0. The molecule has 0 fully saturated rings. The molecule has 0 aromatic heterocycles. The maximum absolute atomic E-state index is 13.6. The van der Waals surface area contributed by atoms with Crippen molar-refractivity contribution in [1.82, 2.24) is 0 Å². The number of benzene rings is 4. The number of nitrogens with zero attached hydrogens (tertiary/aromatic N) is 1. The van der Waals surface area contributed by atoms with E-state index in [0.717, 1.165) is 29.5 Å². The van der Waals surface area contributed by atoms with Crippen LogP contribution >= 0.6 is 45.2 Å². The maximum atomic E-state index is 13.6. The minimum absolute atomic E-state index is 0.0299. The zero-order valence-electron chi connectivity index (χ0n) is 16.4. The quantitative estimate of drug-likeness (QED) is 0.244. The highest BCUT2D eigenvalue weighted by Gasteiger charge is 2.35. The highest BCUT2D eigenvalue weighted by Crippen LogP contribution is 2.39. The van der Waals surface area contributed by atoms with E-state index in [9.17, 15) is 4.79 Å². The topological polar surface area (TPSA) is 32.3 Å². The zero-order chi connectivity index (χ0) is 21.4. The molecule has 5 heteroatoms. The molecule has 3 nitrogen and oxygen atoms in total. The molecule has 0 saturated heterocycles. The van der Waals surface area contributed by atoms with Crippen LogP contribution in [0.15, 0.2) is 103 Å². The molecule has 1 N–H and O–H groups in total. The number of fused-ring (bicyclic) bond motifs is 1. The Morgan fingerprint density at radius 3 is 2.13 bits per heavy atom. The van der Waals surface area contributed by atoms with Gasteiger partial charge in [0.1, 0.15) is 5.70 Å². The molecule has 0 saturated carbocycles. The van der Waals surface area contributed by atoms with Crippen LogP contribution in [0.2, 0.25) is 0 Å². The molecule has 1 atom stereocenters. The van der Waals surface area contributed by atoms with Crippen LogP contribution in [0.4, 0.5) is 11.4 Å². The molecule has 1 aliphatic rings. The first kappa shape index (κ1) is 20.5. The molecule has 0 aliphatic carbocycles. The smallest absolute Gasteiger partial charge is 0.275 e. The fourth-order valence-corrected chi connectivity index (χ4v) is 4.68. The second-order valence-electron chi connectivity index (χ2n) is 7.38. The molecular formula is C26H18I2N2O. The average molecular weight is 628 g/mol. The Balaban J connectivity index is 1.61. The van der Waals surface area contributed by atoms with E-state index in [1.165, 1.54) is 5.39 Å².